The molecule has 1 amide bonds. The van der Waals surface area contributed by atoms with Gasteiger partial charge >= 0.3 is 0 Å². The highest BCUT2D eigenvalue weighted by Gasteiger charge is 2.51. The Kier molecular flexibility index (Phi) is 3.33. The number of carbonyl (C=O) groups is 1. The molecule has 1 aromatic carbocycles. The van der Waals surface area contributed by atoms with Crippen LogP contribution in [0.2, 0.25) is 0 Å². The molecule has 1 atom stereocenters. The topological polar surface area (TPSA) is 55.1 Å². The van der Waals surface area contributed by atoms with Crippen molar-refractivity contribution in [3.63, 3.8) is 0 Å². The predicted molar refractivity (Wildman–Crippen MR) is 74.2 cm³/mol. The van der Waals surface area contributed by atoms with Gasteiger partial charge in [-0.25, -0.2) is 0 Å². The molecule has 0 radical (unpaired) electrons. The molecule has 1 aliphatic carbocycles. The SMILES string of the molecule is CC(C)C(C)NC(=O)C1(c2ccc(N)cc2)CC1. The summed E-state index contributed by atoms with van der Waals surface area (Å²) < 4.78 is 0. The second-order valence-corrected chi connectivity index (χ2v) is 5.71. The van der Waals surface area contributed by atoms with Crippen LogP contribution in [0, 0.1) is 5.92 Å². The molecule has 0 heterocycles. The molecule has 1 aliphatic rings. The molecule has 0 spiro atoms. The molecule has 1 fully saturated rings. The molecule has 0 aliphatic heterocycles. The van der Waals surface area contributed by atoms with E-state index in [1.807, 2.05) is 24.3 Å². The largest absolute Gasteiger partial charge is 0.399 e. The summed E-state index contributed by atoms with van der Waals surface area (Å²) >= 11 is 0. The Hall–Kier alpha value is -1.51. The van der Waals surface area contributed by atoms with Crippen molar-refractivity contribution in [1.29, 1.82) is 0 Å². The van der Waals surface area contributed by atoms with E-state index < -0.39 is 0 Å². The fourth-order valence-electron chi connectivity index (χ4n) is 2.09. The maximum absolute atomic E-state index is 12.4. The molecule has 1 aromatic rings. The molecular formula is C15H22N2O. The molecule has 2 rings (SSSR count). The lowest BCUT2D eigenvalue weighted by atomic mass is 9.93. The number of nitrogens with one attached hydrogen (secondary N) is 1. The zero-order valence-corrected chi connectivity index (χ0v) is 11.4. The molecule has 1 unspecified atom stereocenters. The number of anilines is 1. The van der Waals surface area contributed by atoms with Crippen molar-refractivity contribution < 1.29 is 4.79 Å². The van der Waals surface area contributed by atoms with E-state index in [1.54, 1.807) is 0 Å². The summed E-state index contributed by atoms with van der Waals surface area (Å²) in [4.78, 5) is 12.4. The van der Waals surface area contributed by atoms with Gasteiger partial charge in [-0.1, -0.05) is 26.0 Å². The minimum absolute atomic E-state index is 0.161. The fourth-order valence-corrected chi connectivity index (χ4v) is 2.09. The van der Waals surface area contributed by atoms with Crippen LogP contribution >= 0.6 is 0 Å². The van der Waals surface area contributed by atoms with Gasteiger partial charge in [0, 0.05) is 11.7 Å². The summed E-state index contributed by atoms with van der Waals surface area (Å²) in [5.41, 5.74) is 7.22. The standard InChI is InChI=1S/C15H22N2O/c1-10(2)11(3)17-14(18)15(8-9-15)12-4-6-13(16)7-5-12/h4-7,10-11H,8-9,16H2,1-3H3,(H,17,18). The Morgan fingerprint density at radius 1 is 1.22 bits per heavy atom. The van der Waals surface area contributed by atoms with E-state index in [2.05, 4.69) is 26.1 Å². The van der Waals surface area contributed by atoms with E-state index in [9.17, 15) is 4.79 Å². The van der Waals surface area contributed by atoms with Gasteiger partial charge in [-0.3, -0.25) is 4.79 Å². The molecule has 0 saturated heterocycles. The summed E-state index contributed by atoms with van der Waals surface area (Å²) in [7, 11) is 0. The zero-order valence-electron chi connectivity index (χ0n) is 11.4. The lowest BCUT2D eigenvalue weighted by Crippen LogP contribution is -2.42. The van der Waals surface area contributed by atoms with Crippen LogP contribution < -0.4 is 11.1 Å². The Labute approximate surface area is 109 Å². The van der Waals surface area contributed by atoms with E-state index in [0.29, 0.717) is 5.92 Å². The van der Waals surface area contributed by atoms with Crippen molar-refractivity contribution in [1.82, 2.24) is 5.32 Å². The third-order valence-electron chi connectivity index (χ3n) is 4.01. The molecule has 0 aromatic heterocycles. The average molecular weight is 246 g/mol. The van der Waals surface area contributed by atoms with Crippen LogP contribution in [0.5, 0.6) is 0 Å². The summed E-state index contributed by atoms with van der Waals surface area (Å²) in [6.07, 6.45) is 1.88. The Morgan fingerprint density at radius 2 is 1.78 bits per heavy atom. The van der Waals surface area contributed by atoms with Crippen molar-refractivity contribution in [3.05, 3.63) is 29.8 Å². The van der Waals surface area contributed by atoms with Crippen LogP contribution in [-0.4, -0.2) is 11.9 Å². The van der Waals surface area contributed by atoms with Crippen molar-refractivity contribution in [2.24, 2.45) is 5.92 Å². The molecule has 3 nitrogen and oxygen atoms in total. The Bertz CT molecular complexity index is 432. The highest BCUT2D eigenvalue weighted by Crippen LogP contribution is 2.48. The molecule has 3 heteroatoms. The molecular weight excluding hydrogens is 224 g/mol. The number of rotatable bonds is 4. The van der Waals surface area contributed by atoms with Gasteiger partial charge in [0.25, 0.3) is 0 Å². The molecule has 0 bridgehead atoms. The number of nitrogen functional groups attached to an aromatic ring is 1. The van der Waals surface area contributed by atoms with E-state index in [1.165, 1.54) is 0 Å². The van der Waals surface area contributed by atoms with E-state index in [4.69, 9.17) is 5.73 Å². The lowest BCUT2D eigenvalue weighted by molar-refractivity contribution is -0.124. The fraction of sp³-hybridized carbons (Fsp3) is 0.533. The van der Waals surface area contributed by atoms with Crippen LogP contribution in [0.3, 0.4) is 0 Å². The first-order valence-electron chi connectivity index (χ1n) is 6.63. The maximum Gasteiger partial charge on any atom is 0.230 e. The van der Waals surface area contributed by atoms with E-state index in [0.717, 1.165) is 24.1 Å². The number of nitrogens with two attached hydrogens (primary N) is 1. The van der Waals surface area contributed by atoms with E-state index in [-0.39, 0.29) is 17.4 Å². The smallest absolute Gasteiger partial charge is 0.230 e. The molecule has 98 valence electrons. The first kappa shape index (κ1) is 12.9. The normalized spacial score (nSPS) is 18.4. The second kappa shape index (κ2) is 4.63. The molecule has 1 saturated carbocycles. The predicted octanol–water partition coefficient (Wildman–Crippen LogP) is 2.46. The molecule has 3 N–H and O–H groups in total. The lowest BCUT2D eigenvalue weighted by Gasteiger charge is -2.22. The van der Waals surface area contributed by atoms with Gasteiger partial charge in [0.15, 0.2) is 0 Å². The van der Waals surface area contributed by atoms with Crippen LogP contribution in [0.15, 0.2) is 24.3 Å². The van der Waals surface area contributed by atoms with Crippen molar-refractivity contribution in [2.45, 2.75) is 45.1 Å². The van der Waals surface area contributed by atoms with Gasteiger partial charge in [-0.2, -0.15) is 0 Å². The summed E-state index contributed by atoms with van der Waals surface area (Å²) in [6, 6.07) is 7.90. The van der Waals surface area contributed by atoms with Crippen molar-refractivity contribution in [3.8, 4) is 0 Å². The quantitative estimate of drug-likeness (QED) is 0.802. The third kappa shape index (κ3) is 2.35. The van der Waals surface area contributed by atoms with Crippen molar-refractivity contribution >= 4 is 11.6 Å². The van der Waals surface area contributed by atoms with Gasteiger partial charge in [0.05, 0.1) is 5.41 Å². The van der Waals surface area contributed by atoms with Gasteiger partial charge < -0.3 is 11.1 Å². The number of carbonyl (C=O) groups excluding carboxylic acids is 1. The van der Waals surface area contributed by atoms with Crippen LogP contribution in [0.1, 0.15) is 39.2 Å². The summed E-state index contributed by atoms with van der Waals surface area (Å²) in [5, 5.41) is 3.13. The molecule has 18 heavy (non-hydrogen) atoms. The maximum atomic E-state index is 12.4. The van der Waals surface area contributed by atoms with E-state index >= 15 is 0 Å². The first-order chi connectivity index (χ1) is 8.45. The van der Waals surface area contributed by atoms with Gasteiger partial charge in [0.2, 0.25) is 5.91 Å². The Morgan fingerprint density at radius 3 is 2.22 bits per heavy atom. The Balaban J connectivity index is 2.12. The van der Waals surface area contributed by atoms with Crippen LogP contribution in [-0.2, 0) is 10.2 Å². The highest BCUT2D eigenvalue weighted by atomic mass is 16.2. The second-order valence-electron chi connectivity index (χ2n) is 5.71. The summed E-state index contributed by atoms with van der Waals surface area (Å²) in [5.74, 6) is 0.615. The monoisotopic (exact) mass is 246 g/mol. The highest BCUT2D eigenvalue weighted by molar-refractivity contribution is 5.91. The number of hydrogen-bond acceptors (Lipinski definition) is 2. The van der Waals surface area contributed by atoms with Crippen molar-refractivity contribution in [2.75, 3.05) is 5.73 Å². The zero-order chi connectivity index (χ0) is 13.3. The van der Waals surface area contributed by atoms with Crippen LogP contribution in [0.4, 0.5) is 5.69 Å². The van der Waals surface area contributed by atoms with Crippen LogP contribution in [0.25, 0.3) is 0 Å². The number of hydrogen-bond donors (Lipinski definition) is 2. The average Bonchev–Trinajstić information content (AvgIpc) is 3.11. The van der Waals surface area contributed by atoms with Gasteiger partial charge in [-0.05, 0) is 43.4 Å². The number of amides is 1. The minimum Gasteiger partial charge on any atom is -0.399 e. The van der Waals surface area contributed by atoms with Gasteiger partial charge in [0.1, 0.15) is 0 Å². The van der Waals surface area contributed by atoms with Gasteiger partial charge in [-0.15, -0.1) is 0 Å². The number of benzene rings is 1. The third-order valence-corrected chi connectivity index (χ3v) is 4.01. The summed E-state index contributed by atoms with van der Waals surface area (Å²) in [6.45, 7) is 6.29. The first-order valence-corrected chi connectivity index (χ1v) is 6.63. The minimum atomic E-state index is -0.295.